The third kappa shape index (κ3) is 26.2. The molecular weight excluding hydrogens is 1270 g/mol. The normalized spacial score (nSPS) is 22.8. The summed E-state index contributed by atoms with van der Waals surface area (Å²) in [7, 11) is 2.23. The van der Waals surface area contributed by atoms with Crippen molar-refractivity contribution in [2.75, 3.05) is 103 Å². The van der Waals surface area contributed by atoms with Gasteiger partial charge in [-0.25, -0.2) is 0 Å². The molecule has 3 aliphatic heterocycles. The molecule has 8 amide bonds. The number of halogens is 1. The lowest BCUT2D eigenvalue weighted by atomic mass is 10.0. The molecule has 31 nitrogen and oxygen atoms in total. The number of fused-ring (bicyclic) bond motifs is 1. The number of aliphatic hydroxyl groups is 1. The second kappa shape index (κ2) is 37.2. The molecule has 0 aliphatic carbocycles. The number of carbonyl (C=O) groups excluding carboxylic acids is 8. The first-order valence-electron chi connectivity index (χ1n) is 29.8. The van der Waals surface area contributed by atoms with Gasteiger partial charge in [-0.2, -0.15) is 0 Å². The number of rotatable bonds is 22. The summed E-state index contributed by atoms with van der Waals surface area (Å²) in [6.07, 6.45) is -3.27. The number of carboxylic acids is 4. The van der Waals surface area contributed by atoms with Crippen LogP contribution in [0.15, 0.2) is 42.5 Å². The summed E-state index contributed by atoms with van der Waals surface area (Å²) < 4.78 is 0. The number of aliphatic carboxylic acids is 4. The van der Waals surface area contributed by atoms with Crippen LogP contribution in [0.1, 0.15) is 57.6 Å². The zero-order valence-corrected chi connectivity index (χ0v) is 53.6. The van der Waals surface area contributed by atoms with Crippen LogP contribution >= 0.6 is 33.2 Å². The molecule has 0 unspecified atom stereocenters. The van der Waals surface area contributed by atoms with E-state index in [0.717, 1.165) is 15.7 Å². The van der Waals surface area contributed by atoms with Crippen molar-refractivity contribution in [1.29, 1.82) is 0 Å². The van der Waals surface area contributed by atoms with Crippen molar-refractivity contribution < 1.29 is 93.3 Å². The average molecular weight is 1350 g/mol. The number of carbonyl (C=O) groups is 12. The monoisotopic (exact) mass is 1350 g/mol. The number of benzene rings is 2. The van der Waals surface area contributed by atoms with Crippen LogP contribution in [0.3, 0.4) is 0 Å². The molecule has 34 heteroatoms. The number of hydrogen-bond donors (Lipinski definition) is 14. The molecule has 0 radical (unpaired) electrons. The van der Waals surface area contributed by atoms with Gasteiger partial charge in [0.25, 0.3) is 0 Å². The molecule has 508 valence electrons. The third-order valence-electron chi connectivity index (χ3n) is 15.1. The molecule has 3 aliphatic rings. The zero-order chi connectivity index (χ0) is 67.8. The minimum atomic E-state index is -1.74. The summed E-state index contributed by atoms with van der Waals surface area (Å²) in [5.74, 6) is -12.3. The SMILES string of the molecule is CC(C)C[C@@H]1NC(=O)CNC(=O)[C@H](Cc2ccc(O)c(Cl)c2)NC(=O)[C@@H]2C[C@@H](O)CN2C(=O)[C@@H](NC(=O)[C@@H](CCC(=O)O)NC(=O)[C@H](Cc2ccc(O)cc2)NC(=O)CN2CCN(CC(=O)O)CCN(CC(=O)O)CCN(CC(=O)O)CC2)CSSC[C@@H](C)NC1=O. The minimum Gasteiger partial charge on any atom is -0.508 e. The van der Waals surface area contributed by atoms with E-state index in [-0.39, 0.29) is 119 Å². The van der Waals surface area contributed by atoms with Crippen LogP contribution in [-0.2, 0) is 70.4 Å². The van der Waals surface area contributed by atoms with Gasteiger partial charge in [0.05, 0.1) is 43.9 Å². The molecule has 14 N–H and O–H groups in total. The number of phenols is 2. The molecule has 2 aromatic rings. The summed E-state index contributed by atoms with van der Waals surface area (Å²) >= 11 is 6.19. The smallest absolute Gasteiger partial charge is 0.317 e. The second-order valence-electron chi connectivity index (χ2n) is 23.2. The Hall–Kier alpha value is -7.53. The first kappa shape index (κ1) is 75.2. The highest BCUT2D eigenvalue weighted by molar-refractivity contribution is 8.76. The molecule has 0 aromatic heterocycles. The van der Waals surface area contributed by atoms with Crippen molar-refractivity contribution >= 4 is 104 Å². The van der Waals surface area contributed by atoms with Crippen molar-refractivity contribution in [2.24, 2.45) is 5.92 Å². The number of nitrogens with one attached hydrogen (secondary N) is 7. The maximum atomic E-state index is 15.0. The van der Waals surface area contributed by atoms with Gasteiger partial charge in [-0.05, 0) is 61.1 Å². The highest BCUT2D eigenvalue weighted by atomic mass is 35.5. The molecule has 3 heterocycles. The lowest BCUT2D eigenvalue weighted by Crippen LogP contribution is -2.60. The Kier molecular flexibility index (Phi) is 30.4. The Bertz CT molecular complexity index is 2910. The summed E-state index contributed by atoms with van der Waals surface area (Å²) in [6.45, 7) is 3.21. The molecule has 0 bridgehead atoms. The molecule has 0 spiro atoms. The fourth-order valence-corrected chi connectivity index (χ4v) is 13.0. The Morgan fingerprint density at radius 2 is 1.21 bits per heavy atom. The molecular formula is C58H83ClN12O19S2. The van der Waals surface area contributed by atoms with Crippen molar-refractivity contribution in [3.05, 3.63) is 58.6 Å². The van der Waals surface area contributed by atoms with Gasteiger partial charge < -0.3 is 77.9 Å². The number of nitrogens with zero attached hydrogens (tertiary/aromatic N) is 5. The first-order valence-corrected chi connectivity index (χ1v) is 32.7. The van der Waals surface area contributed by atoms with Gasteiger partial charge in [0.15, 0.2) is 0 Å². The lowest BCUT2D eigenvalue weighted by molar-refractivity contribution is -0.142. The van der Waals surface area contributed by atoms with E-state index in [1.54, 1.807) is 26.5 Å². The standard InChI is InChI=1S/C58H83ClN12O19S2/c1-33(2)20-41-55(87)61-34(3)31-91-92-32-44(58(90)71-26-38(73)24-45(71)57(89)65-42(53(85)60-25-47(75)62-41)23-36-6-10-46(74)39(59)21-36)66-54(86)40(9-11-49(77)78)64-56(88)43(22-35-4-7-37(72)8-5-35)63-48(76)27-67-12-14-68(28-50(79)80)16-18-70(30-52(83)84)19-17-69(15-13-67)29-51(81)82/h4-8,10,21,33-34,38,40-45,72-74H,9,11-20,22-32H2,1-3H3,(H,60,85)(H,61,87)(H,62,75)(H,63,76)(H,64,88)(H,65,89)(H,66,86)(H,77,78)(H,79,80)(H,81,82)(H,83,84)/t34-,38-,40-,41+,42+,43+,44+,45+/m1/s1. The fourth-order valence-electron chi connectivity index (χ4n) is 10.3. The van der Waals surface area contributed by atoms with E-state index >= 15 is 0 Å². The van der Waals surface area contributed by atoms with E-state index in [4.69, 9.17) is 11.6 Å². The van der Waals surface area contributed by atoms with Crippen molar-refractivity contribution in [3.8, 4) is 11.5 Å². The van der Waals surface area contributed by atoms with E-state index < -0.39 is 165 Å². The van der Waals surface area contributed by atoms with Gasteiger partial charge >= 0.3 is 23.9 Å². The molecule has 3 fully saturated rings. The van der Waals surface area contributed by atoms with Gasteiger partial charge in [0, 0.05) is 102 Å². The topological polar surface area (TPSA) is 447 Å². The maximum absolute atomic E-state index is 15.0. The van der Waals surface area contributed by atoms with E-state index in [2.05, 4.69) is 37.2 Å². The van der Waals surface area contributed by atoms with Gasteiger partial charge in [0.1, 0.15) is 47.8 Å². The van der Waals surface area contributed by atoms with E-state index in [9.17, 15) is 93.3 Å². The largest absolute Gasteiger partial charge is 0.508 e. The summed E-state index contributed by atoms with van der Waals surface area (Å²) in [4.78, 5) is 169. The van der Waals surface area contributed by atoms with Crippen LogP contribution in [0.2, 0.25) is 5.02 Å². The van der Waals surface area contributed by atoms with Crippen molar-refractivity contribution in [3.63, 3.8) is 0 Å². The molecule has 0 saturated carbocycles. The number of amides is 8. The van der Waals surface area contributed by atoms with Crippen LogP contribution in [0.5, 0.6) is 11.5 Å². The quantitative estimate of drug-likeness (QED) is 0.0535. The predicted molar refractivity (Wildman–Crippen MR) is 335 cm³/mol. The van der Waals surface area contributed by atoms with E-state index in [0.29, 0.717) is 11.1 Å². The van der Waals surface area contributed by atoms with Gasteiger partial charge in [-0.3, -0.25) is 77.1 Å². The van der Waals surface area contributed by atoms with E-state index in [1.165, 1.54) is 53.3 Å². The highest BCUT2D eigenvalue weighted by Gasteiger charge is 2.43. The third-order valence-corrected chi connectivity index (χ3v) is 17.9. The predicted octanol–water partition coefficient (Wildman–Crippen LogP) is -2.68. The van der Waals surface area contributed by atoms with Crippen molar-refractivity contribution in [2.45, 2.75) is 108 Å². The Morgan fingerprint density at radius 1 is 0.652 bits per heavy atom. The van der Waals surface area contributed by atoms with E-state index in [1.807, 2.05) is 13.8 Å². The summed E-state index contributed by atoms with van der Waals surface area (Å²) in [6, 6.07) is 0.205. The molecule has 3 saturated heterocycles. The fraction of sp³-hybridized carbons (Fsp3) is 0.586. The molecule has 5 rings (SSSR count). The molecule has 92 heavy (non-hydrogen) atoms. The number of carboxylic acid groups (broad SMARTS) is 4. The number of hydrogen-bond acceptors (Lipinski definition) is 21. The molecule has 8 atom stereocenters. The first-order chi connectivity index (χ1) is 43.5. The average Bonchev–Trinajstić information content (AvgIpc) is 1.71. The minimum absolute atomic E-state index is 0.0367. The highest BCUT2D eigenvalue weighted by Crippen LogP contribution is 2.28. The number of aliphatic hydroxyl groups excluding tert-OH is 1. The number of aromatic hydroxyl groups is 2. The Labute approximate surface area is 543 Å². The number of phenolic OH excluding ortho intramolecular Hbond substituents is 2. The van der Waals surface area contributed by atoms with Gasteiger partial charge in [0.2, 0.25) is 47.3 Å². The van der Waals surface area contributed by atoms with Crippen LogP contribution in [0.25, 0.3) is 0 Å². The van der Waals surface area contributed by atoms with Crippen LogP contribution in [-0.4, -0.2) is 283 Å². The second-order valence-corrected chi connectivity index (χ2v) is 26.2. The lowest BCUT2D eigenvalue weighted by Gasteiger charge is -2.33. The zero-order valence-electron chi connectivity index (χ0n) is 51.3. The van der Waals surface area contributed by atoms with Crippen LogP contribution in [0, 0.1) is 5.92 Å². The van der Waals surface area contributed by atoms with Gasteiger partial charge in [-0.15, -0.1) is 0 Å². The Balaban J connectivity index is 1.45. The van der Waals surface area contributed by atoms with Crippen LogP contribution in [0.4, 0.5) is 0 Å². The van der Waals surface area contributed by atoms with Crippen molar-refractivity contribution in [1.82, 2.24) is 61.7 Å². The maximum Gasteiger partial charge on any atom is 0.317 e. The molecule has 2 aromatic carbocycles. The van der Waals surface area contributed by atoms with Gasteiger partial charge in [-0.1, -0.05) is 65.2 Å². The Morgan fingerprint density at radius 3 is 1.75 bits per heavy atom. The summed E-state index contributed by atoms with van der Waals surface area (Å²) in [5, 5.41) is 88.6. The van der Waals surface area contributed by atoms with Crippen LogP contribution < -0.4 is 37.2 Å². The summed E-state index contributed by atoms with van der Waals surface area (Å²) in [5.41, 5.74) is 0.745.